The predicted molar refractivity (Wildman–Crippen MR) is 103 cm³/mol. The predicted octanol–water partition coefficient (Wildman–Crippen LogP) is 4.10. The van der Waals surface area contributed by atoms with E-state index < -0.39 is 0 Å². The second-order valence-corrected chi connectivity index (χ2v) is 8.75. The van der Waals surface area contributed by atoms with E-state index >= 15 is 0 Å². The first kappa shape index (κ1) is 18.1. The zero-order chi connectivity index (χ0) is 18.3. The Morgan fingerprint density at radius 2 is 1.38 bits per heavy atom. The Morgan fingerprint density at radius 1 is 0.885 bits per heavy atom. The van der Waals surface area contributed by atoms with Crippen LogP contribution in [-0.2, 0) is 4.79 Å². The Kier molecular flexibility index (Phi) is 5.15. The molecule has 1 aromatic rings. The molecule has 0 radical (unpaired) electrons. The number of hydrogen-bond donors (Lipinski definition) is 0. The average molecular weight is 395 g/mol. The van der Waals surface area contributed by atoms with Crippen LogP contribution in [0.3, 0.4) is 0 Å². The molecule has 3 aliphatic rings. The summed E-state index contributed by atoms with van der Waals surface area (Å²) >= 11 is 12.0. The molecule has 0 atom stereocenters. The van der Waals surface area contributed by atoms with Gasteiger partial charge in [0.25, 0.3) is 5.91 Å². The molecule has 2 aliphatic carbocycles. The molecule has 26 heavy (non-hydrogen) atoms. The highest BCUT2D eigenvalue weighted by molar-refractivity contribution is 6.35. The molecule has 1 saturated heterocycles. The third-order valence-electron chi connectivity index (χ3n) is 5.89. The highest BCUT2D eigenvalue weighted by Gasteiger charge is 2.42. The minimum atomic E-state index is -0.0738. The molecule has 0 aromatic heterocycles. The molecule has 1 aliphatic heterocycles. The second-order valence-electron chi connectivity index (χ2n) is 7.87. The summed E-state index contributed by atoms with van der Waals surface area (Å²) in [6, 6.07) is 4.90. The summed E-state index contributed by atoms with van der Waals surface area (Å²) in [5, 5.41) is 0.918. The lowest BCUT2D eigenvalue weighted by molar-refractivity contribution is -0.134. The molecule has 1 heterocycles. The Balaban J connectivity index is 1.31. The maximum absolute atomic E-state index is 12.7. The van der Waals surface area contributed by atoms with Gasteiger partial charge >= 0.3 is 0 Å². The second kappa shape index (κ2) is 7.40. The molecule has 4 nitrogen and oxygen atoms in total. The van der Waals surface area contributed by atoms with Crippen LogP contribution in [0.4, 0.5) is 0 Å². The summed E-state index contributed by atoms with van der Waals surface area (Å²) in [5.74, 6) is 2.39. The number of carbonyl (C=O) groups excluding carboxylic acids is 2. The third-order valence-corrected chi connectivity index (χ3v) is 6.33. The van der Waals surface area contributed by atoms with Crippen molar-refractivity contribution < 1.29 is 9.59 Å². The van der Waals surface area contributed by atoms with Gasteiger partial charge in [-0.15, -0.1) is 0 Å². The highest BCUT2D eigenvalue weighted by Crippen LogP contribution is 2.50. The van der Waals surface area contributed by atoms with Crippen molar-refractivity contribution in [3.05, 3.63) is 33.8 Å². The van der Waals surface area contributed by atoms with Crippen molar-refractivity contribution in [2.75, 3.05) is 26.2 Å². The molecular weight excluding hydrogens is 371 g/mol. The van der Waals surface area contributed by atoms with Crippen molar-refractivity contribution in [1.82, 2.24) is 9.80 Å². The molecule has 2 saturated carbocycles. The van der Waals surface area contributed by atoms with E-state index in [2.05, 4.69) is 0 Å². The molecule has 0 N–H and O–H groups in total. The monoisotopic (exact) mass is 394 g/mol. The highest BCUT2D eigenvalue weighted by atomic mass is 35.5. The Bertz CT molecular complexity index is 676. The maximum atomic E-state index is 12.7. The lowest BCUT2D eigenvalue weighted by Crippen LogP contribution is -2.51. The number of nitrogens with zero attached hydrogens (tertiary/aromatic N) is 2. The number of amides is 2. The Hall–Kier alpha value is -1.26. The molecular formula is C20H24Cl2N2O2. The molecule has 2 amide bonds. The van der Waals surface area contributed by atoms with E-state index in [9.17, 15) is 9.59 Å². The van der Waals surface area contributed by atoms with Crippen molar-refractivity contribution in [2.45, 2.75) is 32.1 Å². The van der Waals surface area contributed by atoms with Crippen LogP contribution in [0, 0.1) is 17.8 Å². The molecule has 3 fully saturated rings. The summed E-state index contributed by atoms with van der Waals surface area (Å²) in [7, 11) is 0. The van der Waals surface area contributed by atoms with Gasteiger partial charge in [0.2, 0.25) is 5.91 Å². The summed E-state index contributed by atoms with van der Waals surface area (Å²) in [6.45, 7) is 2.35. The van der Waals surface area contributed by atoms with Gasteiger partial charge < -0.3 is 9.80 Å². The SMILES string of the molecule is O=C(CC(C1CC1)C1CC1)N1CCN(C(=O)c2cc(Cl)cc(Cl)c2)CC1. The third kappa shape index (κ3) is 4.17. The number of halogens is 2. The molecule has 6 heteroatoms. The van der Waals surface area contributed by atoms with Crippen LogP contribution in [0.5, 0.6) is 0 Å². The van der Waals surface area contributed by atoms with Gasteiger partial charge in [0.05, 0.1) is 0 Å². The number of benzene rings is 1. The summed E-state index contributed by atoms with van der Waals surface area (Å²) in [4.78, 5) is 29.1. The fraction of sp³-hybridized carbons (Fsp3) is 0.600. The summed E-state index contributed by atoms with van der Waals surface area (Å²) in [5.41, 5.74) is 0.504. The molecule has 0 spiro atoms. The maximum Gasteiger partial charge on any atom is 0.254 e. The first-order valence-electron chi connectivity index (χ1n) is 9.54. The summed E-state index contributed by atoms with van der Waals surface area (Å²) in [6.07, 6.45) is 5.92. The largest absolute Gasteiger partial charge is 0.339 e. The van der Waals surface area contributed by atoms with Gasteiger partial charge in [-0.3, -0.25) is 9.59 Å². The average Bonchev–Trinajstić information content (AvgIpc) is 3.51. The van der Waals surface area contributed by atoms with Crippen LogP contribution in [-0.4, -0.2) is 47.8 Å². The number of rotatable bonds is 5. The van der Waals surface area contributed by atoms with Gasteiger partial charge in [-0.1, -0.05) is 23.2 Å². The van der Waals surface area contributed by atoms with E-state index in [0.29, 0.717) is 54.1 Å². The van der Waals surface area contributed by atoms with Crippen LogP contribution < -0.4 is 0 Å². The van der Waals surface area contributed by atoms with E-state index in [1.54, 1.807) is 23.1 Å². The molecule has 0 unspecified atom stereocenters. The zero-order valence-corrected chi connectivity index (χ0v) is 16.3. The fourth-order valence-corrected chi connectivity index (χ4v) is 4.64. The van der Waals surface area contributed by atoms with E-state index in [0.717, 1.165) is 11.8 Å². The van der Waals surface area contributed by atoms with E-state index in [1.807, 2.05) is 4.90 Å². The van der Waals surface area contributed by atoms with Crippen molar-refractivity contribution in [3.8, 4) is 0 Å². The van der Waals surface area contributed by atoms with Crippen LogP contribution in [0.1, 0.15) is 42.5 Å². The van der Waals surface area contributed by atoms with Gasteiger partial charge in [0.15, 0.2) is 0 Å². The number of carbonyl (C=O) groups is 2. The number of piperazine rings is 1. The standard InChI is InChI=1S/C20H24Cl2N2O2/c21-16-9-15(10-17(22)11-16)20(26)24-7-5-23(6-8-24)19(25)12-18(13-1-2-13)14-3-4-14/h9-11,13-14,18H,1-8,12H2. The first-order chi connectivity index (χ1) is 12.5. The lowest BCUT2D eigenvalue weighted by atomic mass is 9.93. The molecule has 1 aromatic carbocycles. The first-order valence-corrected chi connectivity index (χ1v) is 10.3. The van der Waals surface area contributed by atoms with Crippen LogP contribution in [0.15, 0.2) is 18.2 Å². The molecule has 4 rings (SSSR count). The Labute approximate surface area is 164 Å². The van der Waals surface area contributed by atoms with Crippen molar-refractivity contribution in [1.29, 1.82) is 0 Å². The summed E-state index contributed by atoms with van der Waals surface area (Å²) < 4.78 is 0. The minimum Gasteiger partial charge on any atom is -0.339 e. The van der Waals surface area contributed by atoms with Gasteiger partial charge in [-0.25, -0.2) is 0 Å². The van der Waals surface area contributed by atoms with Crippen molar-refractivity contribution in [3.63, 3.8) is 0 Å². The fourth-order valence-electron chi connectivity index (χ4n) is 4.12. The quantitative estimate of drug-likeness (QED) is 0.753. The normalized spacial score (nSPS) is 20.6. The van der Waals surface area contributed by atoms with Crippen LogP contribution >= 0.6 is 23.2 Å². The lowest BCUT2D eigenvalue weighted by Gasteiger charge is -2.35. The van der Waals surface area contributed by atoms with E-state index in [4.69, 9.17) is 23.2 Å². The zero-order valence-electron chi connectivity index (χ0n) is 14.8. The topological polar surface area (TPSA) is 40.6 Å². The van der Waals surface area contributed by atoms with Gasteiger partial charge in [0, 0.05) is 48.2 Å². The Morgan fingerprint density at radius 3 is 1.88 bits per heavy atom. The van der Waals surface area contributed by atoms with Crippen molar-refractivity contribution >= 4 is 35.0 Å². The smallest absolute Gasteiger partial charge is 0.254 e. The molecule has 140 valence electrons. The van der Waals surface area contributed by atoms with Gasteiger partial charge in [-0.2, -0.15) is 0 Å². The van der Waals surface area contributed by atoms with Crippen molar-refractivity contribution in [2.24, 2.45) is 17.8 Å². The van der Waals surface area contributed by atoms with Crippen LogP contribution in [0.25, 0.3) is 0 Å². The molecule has 0 bridgehead atoms. The van der Waals surface area contributed by atoms with E-state index in [-0.39, 0.29) is 11.8 Å². The van der Waals surface area contributed by atoms with E-state index in [1.165, 1.54) is 25.7 Å². The minimum absolute atomic E-state index is 0.0738. The van der Waals surface area contributed by atoms with Gasteiger partial charge in [-0.05, 0) is 61.6 Å². The van der Waals surface area contributed by atoms with Crippen LogP contribution in [0.2, 0.25) is 10.0 Å². The number of hydrogen-bond acceptors (Lipinski definition) is 2. The van der Waals surface area contributed by atoms with Gasteiger partial charge in [0.1, 0.15) is 0 Å².